The predicted molar refractivity (Wildman–Crippen MR) is 81.8 cm³/mol. The monoisotopic (exact) mass is 340 g/mol. The van der Waals surface area contributed by atoms with Gasteiger partial charge in [0, 0.05) is 19.3 Å². The minimum atomic E-state index is -4.42. The average Bonchev–Trinajstić information content (AvgIpc) is 2.55. The highest BCUT2D eigenvalue weighted by molar-refractivity contribution is 6.02. The number of amides is 1. The number of ether oxygens (including phenoxy) is 1. The molecule has 0 spiro atoms. The maximum Gasteiger partial charge on any atom is 0.416 e. The first kappa shape index (κ1) is 17.7. The van der Waals surface area contributed by atoms with Crippen LogP contribution in [0, 0.1) is 0 Å². The fourth-order valence-electron chi connectivity index (χ4n) is 1.77. The topological polar surface area (TPSA) is 76.1 Å². The van der Waals surface area contributed by atoms with Crippen LogP contribution in [0.1, 0.15) is 16.1 Å². The van der Waals surface area contributed by atoms with Gasteiger partial charge in [-0.2, -0.15) is 13.2 Å². The van der Waals surface area contributed by atoms with Crippen LogP contribution in [0.2, 0.25) is 0 Å². The molecule has 2 aromatic rings. The fraction of sp³-hybridized carbons (Fsp3) is 0.267. The van der Waals surface area contributed by atoms with E-state index in [0.29, 0.717) is 19.0 Å². The first-order valence-electron chi connectivity index (χ1n) is 6.95. The summed E-state index contributed by atoms with van der Waals surface area (Å²) in [4.78, 5) is 12.0. The molecule has 0 aliphatic rings. The summed E-state index contributed by atoms with van der Waals surface area (Å²) < 4.78 is 42.3. The van der Waals surface area contributed by atoms with Crippen molar-refractivity contribution >= 4 is 17.4 Å². The highest BCUT2D eigenvalue weighted by Crippen LogP contribution is 2.29. The summed E-state index contributed by atoms with van der Waals surface area (Å²) in [6.45, 7) is 1.04. The Labute approximate surface area is 136 Å². The van der Waals surface area contributed by atoms with Crippen molar-refractivity contribution in [2.45, 2.75) is 6.18 Å². The van der Waals surface area contributed by atoms with Gasteiger partial charge in [0.05, 0.1) is 12.2 Å². The lowest BCUT2D eigenvalue weighted by Gasteiger charge is -2.09. The Morgan fingerprint density at radius 2 is 1.83 bits per heavy atom. The van der Waals surface area contributed by atoms with Crippen LogP contribution in [-0.2, 0) is 10.9 Å². The number of anilines is 2. The molecule has 0 radical (unpaired) electrons. The lowest BCUT2D eigenvalue weighted by atomic mass is 10.2. The van der Waals surface area contributed by atoms with E-state index >= 15 is 0 Å². The zero-order valence-corrected chi connectivity index (χ0v) is 12.7. The zero-order chi connectivity index (χ0) is 17.6. The van der Waals surface area contributed by atoms with Crippen molar-refractivity contribution in [3.05, 3.63) is 47.7 Å². The number of hydrogen-bond acceptors (Lipinski definition) is 5. The molecule has 0 atom stereocenters. The molecule has 6 nitrogen and oxygen atoms in total. The van der Waals surface area contributed by atoms with Gasteiger partial charge < -0.3 is 15.4 Å². The quantitative estimate of drug-likeness (QED) is 0.791. The lowest BCUT2D eigenvalue weighted by molar-refractivity contribution is -0.137. The molecule has 2 rings (SSSR count). The van der Waals surface area contributed by atoms with Gasteiger partial charge in [-0.3, -0.25) is 4.79 Å². The molecule has 9 heteroatoms. The maximum atomic E-state index is 12.5. The molecular formula is C15H15F3N4O2. The number of halogens is 3. The van der Waals surface area contributed by atoms with Gasteiger partial charge in [-0.1, -0.05) is 0 Å². The lowest BCUT2D eigenvalue weighted by Crippen LogP contribution is -2.16. The summed E-state index contributed by atoms with van der Waals surface area (Å²) in [5.74, 6) is -0.0798. The second kappa shape index (κ2) is 7.73. The largest absolute Gasteiger partial charge is 0.416 e. The van der Waals surface area contributed by atoms with E-state index < -0.39 is 17.6 Å². The first-order chi connectivity index (χ1) is 11.4. The molecule has 0 aliphatic carbocycles. The number of carbonyl (C=O) groups is 1. The normalized spacial score (nSPS) is 11.2. The van der Waals surface area contributed by atoms with Gasteiger partial charge in [-0.15, -0.1) is 10.2 Å². The minimum absolute atomic E-state index is 0.0483. The Hall–Kier alpha value is -2.68. The van der Waals surface area contributed by atoms with E-state index in [1.807, 2.05) is 0 Å². The molecule has 1 amide bonds. The van der Waals surface area contributed by atoms with Gasteiger partial charge in [0.2, 0.25) is 0 Å². The van der Waals surface area contributed by atoms with Crippen LogP contribution in [0.5, 0.6) is 0 Å². The molecule has 2 N–H and O–H groups in total. The Morgan fingerprint density at radius 1 is 1.12 bits per heavy atom. The second-order valence-corrected chi connectivity index (χ2v) is 4.75. The number of carbonyl (C=O) groups excluding carboxylic acids is 1. The van der Waals surface area contributed by atoms with E-state index in [0.717, 1.165) is 12.1 Å². The highest BCUT2D eigenvalue weighted by atomic mass is 19.4. The molecule has 0 fully saturated rings. The Bertz CT molecular complexity index is 673. The van der Waals surface area contributed by atoms with Gasteiger partial charge >= 0.3 is 6.18 Å². The van der Waals surface area contributed by atoms with E-state index in [2.05, 4.69) is 20.8 Å². The molecular weight excluding hydrogens is 325 g/mol. The van der Waals surface area contributed by atoms with Crippen molar-refractivity contribution in [1.82, 2.24) is 10.2 Å². The molecule has 1 aromatic heterocycles. The fourth-order valence-corrected chi connectivity index (χ4v) is 1.77. The van der Waals surface area contributed by atoms with Crippen molar-refractivity contribution in [2.24, 2.45) is 0 Å². The van der Waals surface area contributed by atoms with Gasteiger partial charge in [0.1, 0.15) is 5.82 Å². The summed E-state index contributed by atoms with van der Waals surface area (Å²) in [6.07, 6.45) is -4.42. The number of methoxy groups -OCH3 is 1. The van der Waals surface area contributed by atoms with E-state index in [1.165, 1.54) is 18.2 Å². The molecule has 1 heterocycles. The highest BCUT2D eigenvalue weighted by Gasteiger charge is 2.30. The van der Waals surface area contributed by atoms with Crippen LogP contribution in [0.15, 0.2) is 36.4 Å². The van der Waals surface area contributed by atoms with E-state index in [1.54, 1.807) is 13.2 Å². The third-order valence-electron chi connectivity index (χ3n) is 2.98. The summed E-state index contributed by atoms with van der Waals surface area (Å²) >= 11 is 0. The third-order valence-corrected chi connectivity index (χ3v) is 2.98. The van der Waals surface area contributed by atoms with Crippen LogP contribution >= 0.6 is 0 Å². The van der Waals surface area contributed by atoms with Crippen molar-refractivity contribution in [3.63, 3.8) is 0 Å². The average molecular weight is 340 g/mol. The molecule has 0 aliphatic heterocycles. The standard InChI is InChI=1S/C15H15F3N4O2/c1-24-9-8-19-13-7-6-12(21-22-13)14(23)20-11-4-2-10(3-5-11)15(16,17)18/h2-7H,8-9H2,1H3,(H,19,22)(H,20,23). The van der Waals surface area contributed by atoms with E-state index in [-0.39, 0.29) is 11.4 Å². The van der Waals surface area contributed by atoms with E-state index in [9.17, 15) is 18.0 Å². The van der Waals surface area contributed by atoms with Gasteiger partial charge in [0.25, 0.3) is 5.91 Å². The van der Waals surface area contributed by atoms with E-state index in [4.69, 9.17) is 4.74 Å². The summed E-state index contributed by atoms with van der Waals surface area (Å²) in [7, 11) is 1.57. The first-order valence-corrected chi connectivity index (χ1v) is 6.95. The van der Waals surface area contributed by atoms with Crippen molar-refractivity contribution in [2.75, 3.05) is 30.9 Å². The predicted octanol–water partition coefficient (Wildman–Crippen LogP) is 2.81. The van der Waals surface area contributed by atoms with Crippen molar-refractivity contribution < 1.29 is 22.7 Å². The number of rotatable bonds is 6. The molecule has 1 aromatic carbocycles. The van der Waals surface area contributed by atoms with Crippen LogP contribution < -0.4 is 10.6 Å². The molecule has 0 bridgehead atoms. The maximum absolute atomic E-state index is 12.5. The smallest absolute Gasteiger partial charge is 0.383 e. The minimum Gasteiger partial charge on any atom is -0.383 e. The Kier molecular flexibility index (Phi) is 5.69. The molecule has 128 valence electrons. The number of benzene rings is 1. The van der Waals surface area contributed by atoms with Crippen LogP contribution in [0.4, 0.5) is 24.7 Å². The number of hydrogen-bond donors (Lipinski definition) is 2. The molecule has 0 saturated carbocycles. The number of nitrogens with zero attached hydrogens (tertiary/aromatic N) is 2. The summed E-state index contributed by atoms with van der Waals surface area (Å²) in [5.41, 5.74) is -0.504. The molecule has 0 saturated heterocycles. The third kappa shape index (κ3) is 4.92. The van der Waals surface area contributed by atoms with Gasteiger partial charge in [-0.25, -0.2) is 0 Å². The second-order valence-electron chi connectivity index (χ2n) is 4.75. The number of alkyl halides is 3. The van der Waals surface area contributed by atoms with Gasteiger partial charge in [0.15, 0.2) is 5.69 Å². The van der Waals surface area contributed by atoms with Crippen LogP contribution in [0.3, 0.4) is 0 Å². The number of aromatic nitrogens is 2. The van der Waals surface area contributed by atoms with Crippen molar-refractivity contribution in [1.29, 1.82) is 0 Å². The van der Waals surface area contributed by atoms with Crippen LogP contribution in [0.25, 0.3) is 0 Å². The van der Waals surface area contributed by atoms with Crippen LogP contribution in [-0.4, -0.2) is 36.4 Å². The summed E-state index contributed by atoms with van der Waals surface area (Å²) in [5, 5.41) is 13.0. The van der Waals surface area contributed by atoms with Gasteiger partial charge in [-0.05, 0) is 36.4 Å². The summed E-state index contributed by atoms with van der Waals surface area (Å²) in [6, 6.07) is 7.17. The molecule has 0 unspecified atom stereocenters. The number of nitrogens with one attached hydrogen (secondary N) is 2. The van der Waals surface area contributed by atoms with Crippen molar-refractivity contribution in [3.8, 4) is 0 Å². The SMILES string of the molecule is COCCNc1ccc(C(=O)Nc2ccc(C(F)(F)F)cc2)nn1. The Balaban J connectivity index is 1.96. The Morgan fingerprint density at radius 3 is 2.38 bits per heavy atom. The molecule has 24 heavy (non-hydrogen) atoms. The zero-order valence-electron chi connectivity index (χ0n) is 12.7.